The van der Waals surface area contributed by atoms with Crippen LogP contribution in [0.1, 0.15) is 24.1 Å². The van der Waals surface area contributed by atoms with Crippen LogP contribution in [0.2, 0.25) is 0 Å². The second kappa shape index (κ2) is 6.26. The summed E-state index contributed by atoms with van der Waals surface area (Å²) in [6.45, 7) is 2.52. The maximum absolute atomic E-state index is 12.2. The van der Waals surface area contributed by atoms with E-state index in [0.717, 1.165) is 22.0 Å². The maximum atomic E-state index is 12.2. The number of hydrogen-bond acceptors (Lipinski definition) is 3. The summed E-state index contributed by atoms with van der Waals surface area (Å²) in [4.78, 5) is 25.7. The quantitative estimate of drug-likeness (QED) is 0.898. The number of benzene rings is 1. The third kappa shape index (κ3) is 2.80. The molecule has 0 saturated heterocycles. The second-order valence-corrected chi connectivity index (χ2v) is 5.42. The first-order valence-corrected chi connectivity index (χ1v) is 7.31. The molecule has 2 rings (SSSR count). The van der Waals surface area contributed by atoms with Crippen molar-refractivity contribution < 1.29 is 14.3 Å². The van der Waals surface area contributed by atoms with Gasteiger partial charge in [-0.1, -0.05) is 22.0 Å². The summed E-state index contributed by atoms with van der Waals surface area (Å²) in [6.07, 6.45) is 0.265. The normalized spacial score (nSPS) is 17.4. The predicted octanol–water partition coefficient (Wildman–Crippen LogP) is 2.25. The molecule has 2 amide bonds. The van der Waals surface area contributed by atoms with Crippen molar-refractivity contribution in [2.75, 3.05) is 20.2 Å². The summed E-state index contributed by atoms with van der Waals surface area (Å²) in [5.41, 5.74) is 1.93. The van der Waals surface area contributed by atoms with Gasteiger partial charge in [0.2, 0.25) is 5.91 Å². The number of hydrogen-bond donors (Lipinski definition) is 1. The Morgan fingerprint density at radius 1 is 1.50 bits per heavy atom. The van der Waals surface area contributed by atoms with Crippen molar-refractivity contribution in [3.05, 3.63) is 33.8 Å². The Morgan fingerprint density at radius 2 is 2.25 bits per heavy atom. The van der Waals surface area contributed by atoms with E-state index < -0.39 is 12.1 Å². The molecule has 0 saturated carbocycles. The van der Waals surface area contributed by atoms with E-state index in [-0.39, 0.29) is 5.91 Å². The lowest BCUT2D eigenvalue weighted by Gasteiger charge is -2.35. The molecular formula is C14H17BrN2O3. The lowest BCUT2D eigenvalue weighted by molar-refractivity contribution is -0.126. The van der Waals surface area contributed by atoms with Crippen molar-refractivity contribution >= 4 is 27.9 Å². The van der Waals surface area contributed by atoms with Crippen molar-refractivity contribution in [3.63, 3.8) is 0 Å². The predicted molar refractivity (Wildman–Crippen MR) is 78.4 cm³/mol. The smallest absolute Gasteiger partial charge is 0.410 e. The summed E-state index contributed by atoms with van der Waals surface area (Å²) in [5, 5.41) is 2.62. The van der Waals surface area contributed by atoms with E-state index in [1.54, 1.807) is 14.0 Å². The molecule has 1 heterocycles. The Bertz CT molecular complexity index is 533. The summed E-state index contributed by atoms with van der Waals surface area (Å²) < 4.78 is 5.93. The number of fused-ring (bicyclic) bond motifs is 1. The van der Waals surface area contributed by atoms with Crippen molar-refractivity contribution in [1.82, 2.24) is 10.2 Å². The molecule has 1 unspecified atom stereocenters. The van der Waals surface area contributed by atoms with Crippen LogP contribution in [0.5, 0.6) is 0 Å². The van der Waals surface area contributed by atoms with Crippen LogP contribution in [0.3, 0.4) is 0 Å². The Kier molecular flexibility index (Phi) is 4.65. The molecule has 6 heteroatoms. The molecule has 0 bridgehead atoms. The van der Waals surface area contributed by atoms with E-state index in [1.165, 1.54) is 4.90 Å². The van der Waals surface area contributed by atoms with Gasteiger partial charge in [0.25, 0.3) is 0 Å². The van der Waals surface area contributed by atoms with Gasteiger partial charge in [0.1, 0.15) is 6.04 Å². The van der Waals surface area contributed by atoms with Gasteiger partial charge in [-0.05, 0) is 36.6 Å². The van der Waals surface area contributed by atoms with Crippen LogP contribution >= 0.6 is 15.9 Å². The highest BCUT2D eigenvalue weighted by molar-refractivity contribution is 9.10. The topological polar surface area (TPSA) is 58.6 Å². The molecule has 5 nitrogen and oxygen atoms in total. The lowest BCUT2D eigenvalue weighted by atomic mass is 9.92. The van der Waals surface area contributed by atoms with Gasteiger partial charge < -0.3 is 10.1 Å². The lowest BCUT2D eigenvalue weighted by Crippen LogP contribution is -2.46. The number of nitrogens with zero attached hydrogens (tertiary/aromatic N) is 1. The van der Waals surface area contributed by atoms with Gasteiger partial charge in [0.05, 0.1) is 6.61 Å². The van der Waals surface area contributed by atoms with Gasteiger partial charge in [0, 0.05) is 18.1 Å². The fourth-order valence-corrected chi connectivity index (χ4v) is 2.79. The number of amides is 2. The molecule has 1 N–H and O–H groups in total. The minimum atomic E-state index is -0.639. The van der Waals surface area contributed by atoms with E-state index in [2.05, 4.69) is 21.2 Å². The first-order valence-electron chi connectivity index (χ1n) is 6.51. The molecule has 0 spiro atoms. The molecule has 0 aliphatic carbocycles. The van der Waals surface area contributed by atoms with E-state index in [4.69, 9.17) is 4.74 Å². The highest BCUT2D eigenvalue weighted by Gasteiger charge is 2.36. The molecule has 0 aromatic heterocycles. The summed E-state index contributed by atoms with van der Waals surface area (Å²) in [6, 6.07) is 5.18. The van der Waals surface area contributed by atoms with Crippen LogP contribution < -0.4 is 5.32 Å². The molecule has 1 aromatic rings. The summed E-state index contributed by atoms with van der Waals surface area (Å²) in [7, 11) is 1.57. The molecule has 1 atom stereocenters. The highest BCUT2D eigenvalue weighted by atomic mass is 79.9. The number of likely N-dealkylation sites (N-methyl/N-ethyl adjacent to an activating group) is 1. The molecule has 1 aliphatic heterocycles. The van der Waals surface area contributed by atoms with Crippen molar-refractivity contribution in [1.29, 1.82) is 0 Å². The van der Waals surface area contributed by atoms with E-state index >= 15 is 0 Å². The molecule has 0 fully saturated rings. The van der Waals surface area contributed by atoms with Gasteiger partial charge in [-0.2, -0.15) is 0 Å². The largest absolute Gasteiger partial charge is 0.450 e. The number of ether oxygens (including phenoxy) is 1. The number of carbonyl (C=O) groups excluding carboxylic acids is 2. The summed E-state index contributed by atoms with van der Waals surface area (Å²) in [5.74, 6) is -0.211. The van der Waals surface area contributed by atoms with Crippen LogP contribution in [-0.2, 0) is 16.0 Å². The maximum Gasteiger partial charge on any atom is 0.410 e. The first kappa shape index (κ1) is 14.8. The van der Waals surface area contributed by atoms with Crippen molar-refractivity contribution in [3.8, 4) is 0 Å². The molecule has 1 aromatic carbocycles. The SMILES string of the molecule is CCOC(=O)N1CCc2ccc(Br)cc2C1C(=O)NC. The number of nitrogens with one attached hydrogen (secondary N) is 1. The summed E-state index contributed by atoms with van der Waals surface area (Å²) >= 11 is 3.41. The Labute approximate surface area is 126 Å². The zero-order valence-electron chi connectivity index (χ0n) is 11.5. The third-order valence-electron chi connectivity index (χ3n) is 3.33. The fraction of sp³-hybridized carbons (Fsp3) is 0.429. The fourth-order valence-electron chi connectivity index (χ4n) is 2.41. The Balaban J connectivity index is 2.42. The van der Waals surface area contributed by atoms with Gasteiger partial charge in [-0.15, -0.1) is 0 Å². The van der Waals surface area contributed by atoms with Crippen LogP contribution in [0.25, 0.3) is 0 Å². The van der Waals surface area contributed by atoms with Gasteiger partial charge in [-0.25, -0.2) is 4.79 Å². The Morgan fingerprint density at radius 3 is 2.90 bits per heavy atom. The molecule has 1 aliphatic rings. The van der Waals surface area contributed by atoms with Crippen LogP contribution in [-0.4, -0.2) is 37.1 Å². The minimum absolute atomic E-state index is 0.211. The second-order valence-electron chi connectivity index (χ2n) is 4.50. The van der Waals surface area contributed by atoms with Gasteiger partial charge >= 0.3 is 6.09 Å². The monoisotopic (exact) mass is 340 g/mol. The minimum Gasteiger partial charge on any atom is -0.450 e. The molecule has 108 valence electrons. The highest BCUT2D eigenvalue weighted by Crippen LogP contribution is 2.32. The van der Waals surface area contributed by atoms with Crippen molar-refractivity contribution in [2.45, 2.75) is 19.4 Å². The van der Waals surface area contributed by atoms with Crippen molar-refractivity contribution in [2.24, 2.45) is 0 Å². The van der Waals surface area contributed by atoms with Gasteiger partial charge in [0.15, 0.2) is 0 Å². The van der Waals surface area contributed by atoms with Crippen LogP contribution in [0.4, 0.5) is 4.79 Å². The standard InChI is InChI=1S/C14H17BrN2O3/c1-3-20-14(19)17-7-6-9-4-5-10(15)8-11(9)12(17)13(18)16-2/h4-5,8,12H,3,6-7H2,1-2H3,(H,16,18). The average molecular weight is 341 g/mol. The van der Waals surface area contributed by atoms with E-state index in [9.17, 15) is 9.59 Å². The van der Waals surface area contributed by atoms with E-state index in [1.807, 2.05) is 18.2 Å². The van der Waals surface area contributed by atoms with Gasteiger partial charge in [-0.3, -0.25) is 9.69 Å². The van der Waals surface area contributed by atoms with E-state index in [0.29, 0.717) is 13.2 Å². The number of halogens is 1. The van der Waals surface area contributed by atoms with Crippen LogP contribution in [0, 0.1) is 0 Å². The third-order valence-corrected chi connectivity index (χ3v) is 3.83. The molecular weight excluding hydrogens is 324 g/mol. The number of carbonyl (C=O) groups is 2. The molecule has 20 heavy (non-hydrogen) atoms. The zero-order chi connectivity index (χ0) is 14.7. The Hall–Kier alpha value is -1.56. The average Bonchev–Trinajstić information content (AvgIpc) is 2.45. The zero-order valence-corrected chi connectivity index (χ0v) is 13.1. The number of rotatable bonds is 2. The molecule has 0 radical (unpaired) electrons. The van der Waals surface area contributed by atoms with Crippen LogP contribution in [0.15, 0.2) is 22.7 Å². The first-order chi connectivity index (χ1) is 9.58.